The van der Waals surface area contributed by atoms with Gasteiger partial charge in [0.2, 0.25) is 15.9 Å². The molecule has 0 radical (unpaired) electrons. The van der Waals surface area contributed by atoms with Crippen molar-refractivity contribution in [1.82, 2.24) is 4.72 Å². The Kier molecular flexibility index (Phi) is 6.52. The number of benzene rings is 2. The third-order valence-electron chi connectivity index (χ3n) is 3.68. The number of sulfonamides is 1. The lowest BCUT2D eigenvalue weighted by molar-refractivity contribution is -0.117. The van der Waals surface area contributed by atoms with Gasteiger partial charge in [-0.25, -0.2) is 21.6 Å². The number of amides is 1. The van der Waals surface area contributed by atoms with E-state index in [9.17, 15) is 26.4 Å². The van der Waals surface area contributed by atoms with Gasteiger partial charge < -0.3 is 14.8 Å². The largest absolute Gasteiger partial charge is 0.493 e. The number of halogens is 3. The molecule has 2 N–H and O–H groups in total. The molecule has 7 nitrogen and oxygen atoms in total. The van der Waals surface area contributed by atoms with Gasteiger partial charge in [0.1, 0.15) is 0 Å². The molecule has 0 aliphatic carbocycles. The van der Waals surface area contributed by atoms with Crippen LogP contribution in [0.15, 0.2) is 35.2 Å². The lowest BCUT2D eigenvalue weighted by Crippen LogP contribution is -2.41. The van der Waals surface area contributed by atoms with Crippen LogP contribution < -0.4 is 19.5 Å². The normalized spacial score (nSPS) is 12.4. The first-order valence-corrected chi connectivity index (χ1v) is 9.27. The fourth-order valence-corrected chi connectivity index (χ4v) is 3.42. The van der Waals surface area contributed by atoms with Gasteiger partial charge >= 0.3 is 0 Å². The van der Waals surface area contributed by atoms with E-state index in [0.29, 0.717) is 11.8 Å². The molecule has 0 aliphatic heterocycles. The van der Waals surface area contributed by atoms with Gasteiger partial charge in [0, 0.05) is 6.07 Å². The fraction of sp³-hybridized carbons (Fsp3) is 0.235. The Morgan fingerprint density at radius 1 is 1.00 bits per heavy atom. The number of carbonyl (C=O) groups is 1. The predicted molar refractivity (Wildman–Crippen MR) is 94.3 cm³/mol. The zero-order valence-electron chi connectivity index (χ0n) is 15.0. The summed E-state index contributed by atoms with van der Waals surface area (Å²) in [4.78, 5) is 11.9. The highest BCUT2D eigenvalue weighted by atomic mass is 32.2. The van der Waals surface area contributed by atoms with E-state index >= 15 is 0 Å². The standard InChI is InChI=1S/C17H17F3N2O5S/c1-9(17(23)21-12-6-5-11(18)15(19)16(12)20)22-28(24,25)10-4-7-13(26-2)14(8-10)27-3/h4-9,22H,1-3H3,(H,21,23). The molecule has 2 aromatic carbocycles. The molecule has 0 bridgehead atoms. The number of rotatable bonds is 7. The minimum absolute atomic E-state index is 0.159. The van der Waals surface area contributed by atoms with Crippen molar-refractivity contribution < 1.29 is 35.9 Å². The van der Waals surface area contributed by atoms with E-state index in [1.807, 2.05) is 5.32 Å². The van der Waals surface area contributed by atoms with Crippen molar-refractivity contribution in [3.05, 3.63) is 47.8 Å². The quantitative estimate of drug-likeness (QED) is 0.674. The average Bonchev–Trinajstić information content (AvgIpc) is 2.67. The Labute approximate surface area is 159 Å². The number of methoxy groups -OCH3 is 2. The zero-order valence-corrected chi connectivity index (χ0v) is 15.9. The van der Waals surface area contributed by atoms with E-state index in [1.165, 1.54) is 39.3 Å². The summed E-state index contributed by atoms with van der Waals surface area (Å²) in [5.41, 5.74) is -0.624. The first-order chi connectivity index (χ1) is 13.1. The molecule has 0 aromatic heterocycles. The van der Waals surface area contributed by atoms with Crippen LogP contribution in [0, 0.1) is 17.5 Å². The van der Waals surface area contributed by atoms with Gasteiger partial charge in [-0.05, 0) is 31.2 Å². The predicted octanol–water partition coefficient (Wildman–Crippen LogP) is 2.43. The molecule has 1 atom stereocenters. The Bertz CT molecular complexity index is 999. The molecule has 0 spiro atoms. The number of carbonyl (C=O) groups excluding carboxylic acids is 1. The highest BCUT2D eigenvalue weighted by Crippen LogP contribution is 2.29. The Hall–Kier alpha value is -2.79. The maximum atomic E-state index is 13.6. The molecule has 2 aromatic rings. The fourth-order valence-electron chi connectivity index (χ4n) is 2.20. The summed E-state index contributed by atoms with van der Waals surface area (Å²) in [6.45, 7) is 1.20. The van der Waals surface area contributed by atoms with Crippen LogP contribution in [0.1, 0.15) is 6.92 Å². The molecule has 0 fully saturated rings. The molecule has 0 heterocycles. The van der Waals surface area contributed by atoms with E-state index in [-0.39, 0.29) is 10.6 Å². The summed E-state index contributed by atoms with van der Waals surface area (Å²) in [5.74, 6) is -5.28. The minimum Gasteiger partial charge on any atom is -0.493 e. The highest BCUT2D eigenvalue weighted by molar-refractivity contribution is 7.89. The first-order valence-electron chi connectivity index (χ1n) is 7.79. The van der Waals surface area contributed by atoms with E-state index in [2.05, 4.69) is 4.72 Å². The Morgan fingerprint density at radius 3 is 2.25 bits per heavy atom. The van der Waals surface area contributed by atoms with E-state index in [1.54, 1.807) is 0 Å². The molecule has 0 saturated carbocycles. The number of nitrogens with one attached hydrogen (secondary N) is 2. The van der Waals surface area contributed by atoms with Crippen molar-refractivity contribution >= 4 is 21.6 Å². The lowest BCUT2D eigenvalue weighted by atomic mass is 10.2. The molecule has 0 saturated heterocycles. The van der Waals surface area contributed by atoms with Crippen molar-refractivity contribution in [3.8, 4) is 11.5 Å². The van der Waals surface area contributed by atoms with Gasteiger partial charge in [-0.1, -0.05) is 0 Å². The van der Waals surface area contributed by atoms with Crippen LogP contribution in [0.5, 0.6) is 11.5 Å². The van der Waals surface area contributed by atoms with E-state index in [4.69, 9.17) is 9.47 Å². The number of hydrogen-bond acceptors (Lipinski definition) is 5. The van der Waals surface area contributed by atoms with Gasteiger partial charge in [-0.15, -0.1) is 0 Å². The summed E-state index contributed by atoms with van der Waals surface area (Å²) in [6, 6.07) is 3.90. The Balaban J connectivity index is 2.18. The first kappa shape index (κ1) is 21.5. The van der Waals surface area contributed by atoms with E-state index in [0.717, 1.165) is 6.07 Å². The number of hydrogen-bond donors (Lipinski definition) is 2. The molecule has 28 heavy (non-hydrogen) atoms. The summed E-state index contributed by atoms with van der Waals surface area (Å²) >= 11 is 0. The smallest absolute Gasteiger partial charge is 0.242 e. The van der Waals surface area contributed by atoms with Gasteiger partial charge in [0.25, 0.3) is 0 Å². The van der Waals surface area contributed by atoms with Crippen molar-refractivity contribution in [2.45, 2.75) is 17.9 Å². The van der Waals surface area contributed by atoms with Crippen LogP contribution in [0.4, 0.5) is 18.9 Å². The maximum absolute atomic E-state index is 13.6. The molecule has 152 valence electrons. The molecule has 2 rings (SSSR count). The molecule has 11 heteroatoms. The van der Waals surface area contributed by atoms with Crippen molar-refractivity contribution in [3.63, 3.8) is 0 Å². The SMILES string of the molecule is COc1ccc(S(=O)(=O)NC(C)C(=O)Nc2ccc(F)c(F)c2F)cc1OC. The number of anilines is 1. The summed E-state index contributed by atoms with van der Waals surface area (Å²) in [5, 5.41) is 2.00. The molecule has 1 unspecified atom stereocenters. The number of ether oxygens (including phenoxy) is 2. The monoisotopic (exact) mass is 418 g/mol. The van der Waals surface area contributed by atoms with Crippen LogP contribution in [-0.2, 0) is 14.8 Å². The van der Waals surface area contributed by atoms with Crippen LogP contribution in [0.2, 0.25) is 0 Å². The van der Waals surface area contributed by atoms with Gasteiger partial charge in [-0.2, -0.15) is 4.72 Å². The lowest BCUT2D eigenvalue weighted by Gasteiger charge is -2.16. The minimum atomic E-state index is -4.15. The van der Waals surface area contributed by atoms with Gasteiger partial charge in [0.05, 0.1) is 30.8 Å². The van der Waals surface area contributed by atoms with Crippen molar-refractivity contribution in [2.24, 2.45) is 0 Å². The van der Waals surface area contributed by atoms with Gasteiger partial charge in [0.15, 0.2) is 29.0 Å². The second-order valence-corrected chi connectivity index (χ2v) is 7.29. The summed E-state index contributed by atoms with van der Waals surface area (Å²) in [7, 11) is -1.44. The van der Waals surface area contributed by atoms with Crippen molar-refractivity contribution in [1.29, 1.82) is 0 Å². The van der Waals surface area contributed by atoms with Crippen LogP contribution in [0.25, 0.3) is 0 Å². The molecule has 0 aliphatic rings. The molecular weight excluding hydrogens is 401 g/mol. The second kappa shape index (κ2) is 8.48. The van der Waals surface area contributed by atoms with Crippen LogP contribution >= 0.6 is 0 Å². The Morgan fingerprint density at radius 2 is 1.64 bits per heavy atom. The van der Waals surface area contributed by atoms with Gasteiger partial charge in [-0.3, -0.25) is 4.79 Å². The van der Waals surface area contributed by atoms with Crippen molar-refractivity contribution in [2.75, 3.05) is 19.5 Å². The average molecular weight is 418 g/mol. The zero-order chi connectivity index (χ0) is 21.1. The summed E-state index contributed by atoms with van der Waals surface area (Å²) < 4.78 is 76.9. The third-order valence-corrected chi connectivity index (χ3v) is 5.22. The van der Waals surface area contributed by atoms with Crippen LogP contribution in [-0.4, -0.2) is 34.6 Å². The topological polar surface area (TPSA) is 93.7 Å². The highest BCUT2D eigenvalue weighted by Gasteiger charge is 2.24. The third kappa shape index (κ3) is 4.54. The summed E-state index contributed by atoms with van der Waals surface area (Å²) in [6.07, 6.45) is 0. The molecule has 1 amide bonds. The van der Waals surface area contributed by atoms with Crippen LogP contribution in [0.3, 0.4) is 0 Å². The second-order valence-electron chi connectivity index (χ2n) is 5.57. The maximum Gasteiger partial charge on any atom is 0.242 e. The van der Waals surface area contributed by atoms with E-state index < -0.39 is 45.1 Å². The molecular formula is C17H17F3N2O5S.